The second kappa shape index (κ2) is 4.44. The largest absolute Gasteiger partial charge is 0.508 e. The van der Waals surface area contributed by atoms with E-state index in [1.165, 1.54) is 5.56 Å². The van der Waals surface area contributed by atoms with E-state index in [2.05, 4.69) is 11.8 Å². The summed E-state index contributed by atoms with van der Waals surface area (Å²) in [4.78, 5) is 2.35. The van der Waals surface area contributed by atoms with Crippen LogP contribution < -0.4 is 5.73 Å². The van der Waals surface area contributed by atoms with Gasteiger partial charge in [0.15, 0.2) is 0 Å². The average Bonchev–Trinajstić information content (AvgIpc) is 2.19. The number of phenolic OH excluding ortho intramolecular Hbond substituents is 1. The fraction of sp³-hybridized carbons (Fsp3) is 0.538. The zero-order chi connectivity index (χ0) is 11.6. The summed E-state index contributed by atoms with van der Waals surface area (Å²) in [5.41, 5.74) is 7.48. The van der Waals surface area contributed by atoms with Crippen LogP contribution in [0.15, 0.2) is 24.3 Å². The molecule has 0 amide bonds. The monoisotopic (exact) mass is 220 g/mol. The molecule has 16 heavy (non-hydrogen) atoms. The minimum Gasteiger partial charge on any atom is -0.508 e. The summed E-state index contributed by atoms with van der Waals surface area (Å²) in [6.07, 6.45) is 2.27. The van der Waals surface area contributed by atoms with E-state index in [1.54, 1.807) is 12.1 Å². The van der Waals surface area contributed by atoms with Gasteiger partial charge in [0.05, 0.1) is 0 Å². The lowest BCUT2D eigenvalue weighted by atomic mass is 9.86. The van der Waals surface area contributed by atoms with Crippen molar-refractivity contribution in [3.8, 4) is 5.75 Å². The van der Waals surface area contributed by atoms with Gasteiger partial charge in [0, 0.05) is 25.2 Å². The second-order valence-electron chi connectivity index (χ2n) is 4.92. The van der Waals surface area contributed by atoms with Crippen LogP contribution >= 0.6 is 0 Å². The minimum absolute atomic E-state index is 0.0473. The van der Waals surface area contributed by atoms with Gasteiger partial charge in [-0.1, -0.05) is 25.5 Å². The summed E-state index contributed by atoms with van der Waals surface area (Å²) in [7, 11) is 0. The highest BCUT2D eigenvalue weighted by atomic mass is 16.3. The van der Waals surface area contributed by atoms with Crippen molar-refractivity contribution in [2.45, 2.75) is 31.8 Å². The Morgan fingerprint density at radius 1 is 1.31 bits per heavy atom. The van der Waals surface area contributed by atoms with Gasteiger partial charge in [0.2, 0.25) is 0 Å². The number of nitrogens with zero attached hydrogens (tertiary/aromatic N) is 1. The second-order valence-corrected chi connectivity index (χ2v) is 4.92. The summed E-state index contributed by atoms with van der Waals surface area (Å²) >= 11 is 0. The van der Waals surface area contributed by atoms with Crippen LogP contribution in [0, 0.1) is 0 Å². The predicted octanol–water partition coefficient (Wildman–Crippen LogP) is 1.71. The smallest absolute Gasteiger partial charge is 0.115 e. The summed E-state index contributed by atoms with van der Waals surface area (Å²) < 4.78 is 0. The highest BCUT2D eigenvalue weighted by Gasteiger charge is 2.37. The number of likely N-dealkylation sites (tertiary alicyclic amines) is 1. The van der Waals surface area contributed by atoms with Gasteiger partial charge in [0.25, 0.3) is 0 Å². The van der Waals surface area contributed by atoms with Gasteiger partial charge in [-0.25, -0.2) is 0 Å². The van der Waals surface area contributed by atoms with Gasteiger partial charge < -0.3 is 10.8 Å². The van der Waals surface area contributed by atoms with Crippen molar-refractivity contribution >= 4 is 0 Å². The molecule has 0 aromatic heterocycles. The van der Waals surface area contributed by atoms with Crippen LogP contribution in [-0.2, 0) is 6.54 Å². The van der Waals surface area contributed by atoms with E-state index in [-0.39, 0.29) is 5.54 Å². The Hall–Kier alpha value is -1.06. The molecule has 1 aromatic rings. The van der Waals surface area contributed by atoms with Crippen molar-refractivity contribution in [3.63, 3.8) is 0 Å². The Morgan fingerprint density at radius 3 is 2.50 bits per heavy atom. The molecule has 0 saturated carbocycles. The van der Waals surface area contributed by atoms with Gasteiger partial charge in [-0.05, 0) is 24.1 Å². The van der Waals surface area contributed by atoms with Crippen molar-refractivity contribution in [3.05, 3.63) is 29.8 Å². The van der Waals surface area contributed by atoms with Crippen LogP contribution in [0.25, 0.3) is 0 Å². The van der Waals surface area contributed by atoms with E-state index in [1.807, 2.05) is 12.1 Å². The Balaban J connectivity index is 1.83. The van der Waals surface area contributed by atoms with Crippen LogP contribution in [0.5, 0.6) is 5.75 Å². The Morgan fingerprint density at radius 2 is 1.94 bits per heavy atom. The van der Waals surface area contributed by atoms with E-state index in [0.29, 0.717) is 5.75 Å². The van der Waals surface area contributed by atoms with Gasteiger partial charge in [0.1, 0.15) is 5.75 Å². The number of hydrogen-bond donors (Lipinski definition) is 2. The SMILES string of the molecule is CCCC1(N)CN(Cc2ccc(O)cc2)C1. The lowest BCUT2D eigenvalue weighted by Gasteiger charge is -2.48. The van der Waals surface area contributed by atoms with E-state index in [0.717, 1.165) is 32.5 Å². The standard InChI is InChI=1S/C13H20N2O/c1-2-7-13(14)9-15(10-13)8-11-3-5-12(16)6-4-11/h3-6,16H,2,7-10,14H2,1H3. The van der Waals surface area contributed by atoms with Crippen molar-refractivity contribution < 1.29 is 5.11 Å². The molecule has 1 saturated heterocycles. The van der Waals surface area contributed by atoms with Crippen LogP contribution in [-0.4, -0.2) is 28.6 Å². The number of benzene rings is 1. The molecule has 1 aliphatic heterocycles. The number of nitrogens with two attached hydrogens (primary N) is 1. The van der Waals surface area contributed by atoms with Crippen molar-refractivity contribution in [2.75, 3.05) is 13.1 Å². The van der Waals surface area contributed by atoms with E-state index < -0.39 is 0 Å². The maximum Gasteiger partial charge on any atom is 0.115 e. The molecule has 88 valence electrons. The third-order valence-electron chi connectivity index (χ3n) is 3.17. The Kier molecular flexibility index (Phi) is 3.17. The first kappa shape index (κ1) is 11.4. The van der Waals surface area contributed by atoms with Crippen LogP contribution in [0.3, 0.4) is 0 Å². The molecule has 0 radical (unpaired) electrons. The fourth-order valence-corrected chi connectivity index (χ4v) is 2.47. The molecule has 3 N–H and O–H groups in total. The molecule has 1 aliphatic rings. The molecule has 3 heteroatoms. The molecule has 0 aliphatic carbocycles. The average molecular weight is 220 g/mol. The third-order valence-corrected chi connectivity index (χ3v) is 3.17. The molecule has 0 spiro atoms. The van der Waals surface area contributed by atoms with E-state index in [9.17, 15) is 5.11 Å². The van der Waals surface area contributed by atoms with E-state index >= 15 is 0 Å². The Bertz CT molecular complexity index is 341. The third kappa shape index (κ3) is 2.54. The molecule has 3 nitrogen and oxygen atoms in total. The van der Waals surface area contributed by atoms with Crippen molar-refractivity contribution in [1.82, 2.24) is 4.90 Å². The summed E-state index contributed by atoms with van der Waals surface area (Å²) in [6.45, 7) is 5.09. The highest BCUT2D eigenvalue weighted by molar-refractivity contribution is 5.26. The van der Waals surface area contributed by atoms with Crippen LogP contribution in [0.2, 0.25) is 0 Å². The lowest BCUT2D eigenvalue weighted by molar-refractivity contribution is 0.0567. The highest BCUT2D eigenvalue weighted by Crippen LogP contribution is 2.25. The number of rotatable bonds is 4. The Labute approximate surface area is 96.9 Å². The lowest BCUT2D eigenvalue weighted by Crippen LogP contribution is -2.66. The topological polar surface area (TPSA) is 49.5 Å². The number of phenols is 1. The van der Waals surface area contributed by atoms with Gasteiger partial charge >= 0.3 is 0 Å². The van der Waals surface area contributed by atoms with Crippen molar-refractivity contribution in [2.24, 2.45) is 5.73 Å². The molecule has 1 fully saturated rings. The maximum atomic E-state index is 9.18. The molecule has 0 atom stereocenters. The zero-order valence-corrected chi connectivity index (χ0v) is 9.82. The molecule has 2 rings (SSSR count). The molecule has 1 aromatic carbocycles. The van der Waals surface area contributed by atoms with E-state index in [4.69, 9.17) is 5.73 Å². The zero-order valence-electron chi connectivity index (χ0n) is 9.82. The maximum absolute atomic E-state index is 9.18. The van der Waals surface area contributed by atoms with Crippen LogP contribution in [0.4, 0.5) is 0 Å². The normalized spacial score (nSPS) is 19.4. The van der Waals surface area contributed by atoms with Crippen molar-refractivity contribution in [1.29, 1.82) is 0 Å². The fourth-order valence-electron chi connectivity index (χ4n) is 2.47. The summed E-state index contributed by atoms with van der Waals surface area (Å²) in [6, 6.07) is 7.39. The van der Waals surface area contributed by atoms with Crippen LogP contribution in [0.1, 0.15) is 25.3 Å². The molecule has 0 bridgehead atoms. The number of hydrogen-bond acceptors (Lipinski definition) is 3. The molecular weight excluding hydrogens is 200 g/mol. The van der Waals surface area contributed by atoms with Gasteiger partial charge in [-0.15, -0.1) is 0 Å². The molecular formula is C13H20N2O. The van der Waals surface area contributed by atoms with Gasteiger partial charge in [-0.3, -0.25) is 4.90 Å². The quantitative estimate of drug-likeness (QED) is 0.812. The minimum atomic E-state index is 0.0473. The first-order valence-electron chi connectivity index (χ1n) is 5.90. The van der Waals surface area contributed by atoms with Gasteiger partial charge in [-0.2, -0.15) is 0 Å². The molecule has 1 heterocycles. The predicted molar refractivity (Wildman–Crippen MR) is 65.2 cm³/mol. The number of aromatic hydroxyl groups is 1. The first-order valence-corrected chi connectivity index (χ1v) is 5.90. The first-order chi connectivity index (χ1) is 7.61. The molecule has 0 unspecified atom stereocenters. The summed E-state index contributed by atoms with van der Waals surface area (Å²) in [5, 5.41) is 9.18. The summed E-state index contributed by atoms with van der Waals surface area (Å²) in [5.74, 6) is 0.325.